The largest absolute Gasteiger partial charge is 0.369 e. The van der Waals surface area contributed by atoms with Gasteiger partial charge in [-0.2, -0.15) is 0 Å². The van der Waals surface area contributed by atoms with Crippen LogP contribution in [0, 0.1) is 5.82 Å². The number of piperazine rings is 1. The van der Waals surface area contributed by atoms with Gasteiger partial charge in [-0.1, -0.05) is 0 Å². The highest BCUT2D eigenvalue weighted by Gasteiger charge is 2.21. The number of aromatic nitrogens is 2. The number of nitrogens with zero attached hydrogens (tertiary/aromatic N) is 4. The van der Waals surface area contributed by atoms with Crippen LogP contribution in [0.1, 0.15) is 24.9 Å². The summed E-state index contributed by atoms with van der Waals surface area (Å²) in [5, 5.41) is 3.00. The fourth-order valence-corrected chi connectivity index (χ4v) is 3.25. The van der Waals surface area contributed by atoms with Gasteiger partial charge in [0.15, 0.2) is 0 Å². The lowest BCUT2D eigenvalue weighted by Gasteiger charge is -2.36. The second-order valence-corrected chi connectivity index (χ2v) is 6.83. The first kappa shape index (κ1) is 18.4. The van der Waals surface area contributed by atoms with Crippen LogP contribution >= 0.6 is 0 Å². The number of amides is 1. The zero-order chi connectivity index (χ0) is 18.5. The normalized spacial score (nSPS) is 16.5. The Labute approximate surface area is 153 Å². The van der Waals surface area contributed by atoms with Crippen molar-refractivity contribution in [3.05, 3.63) is 48.3 Å². The third kappa shape index (κ3) is 4.60. The molecule has 140 valence electrons. The molecular weight excluding hydrogens is 333 g/mol. The quantitative estimate of drug-likeness (QED) is 0.858. The van der Waals surface area contributed by atoms with E-state index in [0.717, 1.165) is 37.4 Å². The Hall–Kier alpha value is -2.41. The molecule has 3 rings (SSSR count). The molecule has 0 unspecified atom stereocenters. The van der Waals surface area contributed by atoms with Crippen molar-refractivity contribution < 1.29 is 9.18 Å². The van der Waals surface area contributed by atoms with Gasteiger partial charge in [-0.3, -0.25) is 4.79 Å². The summed E-state index contributed by atoms with van der Waals surface area (Å²) in [5.74, 6) is -0.336. The molecule has 0 spiro atoms. The molecule has 1 saturated heterocycles. The van der Waals surface area contributed by atoms with E-state index in [0.29, 0.717) is 13.0 Å². The highest BCUT2D eigenvalue weighted by atomic mass is 19.1. The fraction of sp³-hybridized carbons (Fsp3) is 0.474. The smallest absolute Gasteiger partial charge is 0.222 e. The number of carbonyl (C=O) groups excluding carboxylic acids is 1. The average Bonchev–Trinajstić information content (AvgIpc) is 3.14. The highest BCUT2D eigenvalue weighted by Crippen LogP contribution is 2.28. The van der Waals surface area contributed by atoms with Gasteiger partial charge in [0, 0.05) is 62.8 Å². The molecule has 1 N–H and O–H groups in total. The van der Waals surface area contributed by atoms with Crippen molar-refractivity contribution in [2.75, 3.05) is 38.1 Å². The van der Waals surface area contributed by atoms with E-state index in [-0.39, 0.29) is 17.8 Å². The Morgan fingerprint density at radius 3 is 2.77 bits per heavy atom. The van der Waals surface area contributed by atoms with E-state index in [1.54, 1.807) is 12.5 Å². The predicted molar refractivity (Wildman–Crippen MR) is 99.5 cm³/mol. The number of likely N-dealkylation sites (N-methyl/N-ethyl adjacent to an activating group) is 1. The molecule has 1 aliphatic rings. The molecule has 1 amide bonds. The number of halogens is 1. The molecule has 1 aromatic carbocycles. The van der Waals surface area contributed by atoms with Crippen LogP contribution < -0.4 is 10.2 Å². The molecule has 1 aliphatic heterocycles. The highest BCUT2D eigenvalue weighted by molar-refractivity contribution is 5.76. The molecule has 0 bridgehead atoms. The average molecular weight is 359 g/mol. The zero-order valence-electron chi connectivity index (χ0n) is 15.4. The minimum Gasteiger partial charge on any atom is -0.369 e. The number of imidazole rings is 1. The summed E-state index contributed by atoms with van der Waals surface area (Å²) in [6.07, 6.45) is 5.57. The maximum atomic E-state index is 13.9. The Balaban J connectivity index is 1.66. The van der Waals surface area contributed by atoms with E-state index in [1.165, 1.54) is 12.1 Å². The Morgan fingerprint density at radius 2 is 2.08 bits per heavy atom. The van der Waals surface area contributed by atoms with E-state index in [9.17, 15) is 9.18 Å². The molecule has 1 fully saturated rings. The van der Waals surface area contributed by atoms with Crippen LogP contribution in [0.2, 0.25) is 0 Å². The lowest BCUT2D eigenvalue weighted by atomic mass is 10.0. The second kappa shape index (κ2) is 8.31. The number of carbonyl (C=O) groups is 1. The van der Waals surface area contributed by atoms with Crippen LogP contribution in [0.15, 0.2) is 36.9 Å². The molecule has 0 saturated carbocycles. The minimum absolute atomic E-state index is 0.0558. The van der Waals surface area contributed by atoms with Crippen molar-refractivity contribution in [1.29, 1.82) is 0 Å². The summed E-state index contributed by atoms with van der Waals surface area (Å²) >= 11 is 0. The first-order valence-corrected chi connectivity index (χ1v) is 9.01. The molecule has 1 aromatic heterocycles. The molecule has 26 heavy (non-hydrogen) atoms. The van der Waals surface area contributed by atoms with Gasteiger partial charge in [0.05, 0.1) is 12.4 Å². The maximum Gasteiger partial charge on any atom is 0.222 e. The minimum atomic E-state index is -0.280. The number of anilines is 1. The Bertz CT molecular complexity index is 726. The molecular formula is C19H26FN5O. The lowest BCUT2D eigenvalue weighted by Crippen LogP contribution is -2.45. The maximum absolute atomic E-state index is 13.9. The SMILES string of the molecule is C[C@H](NC(=O)CCn1ccnc1)c1cc(F)ccc1N1CCN(C)CC1. The van der Waals surface area contributed by atoms with Crippen molar-refractivity contribution in [1.82, 2.24) is 19.8 Å². The summed E-state index contributed by atoms with van der Waals surface area (Å²) in [5.41, 5.74) is 1.83. The van der Waals surface area contributed by atoms with Gasteiger partial charge in [-0.25, -0.2) is 9.37 Å². The van der Waals surface area contributed by atoms with Crippen LogP contribution in [-0.2, 0) is 11.3 Å². The van der Waals surface area contributed by atoms with Crippen molar-refractivity contribution in [3.8, 4) is 0 Å². The van der Waals surface area contributed by atoms with Gasteiger partial charge in [0.25, 0.3) is 0 Å². The van der Waals surface area contributed by atoms with Gasteiger partial charge in [0.1, 0.15) is 5.82 Å². The lowest BCUT2D eigenvalue weighted by molar-refractivity contribution is -0.121. The third-order valence-corrected chi connectivity index (χ3v) is 4.83. The number of hydrogen-bond acceptors (Lipinski definition) is 4. The number of benzene rings is 1. The molecule has 1 atom stereocenters. The summed E-state index contributed by atoms with van der Waals surface area (Å²) < 4.78 is 15.7. The first-order chi connectivity index (χ1) is 12.5. The zero-order valence-corrected chi connectivity index (χ0v) is 15.4. The monoisotopic (exact) mass is 359 g/mol. The van der Waals surface area contributed by atoms with Crippen molar-refractivity contribution in [2.24, 2.45) is 0 Å². The molecule has 0 radical (unpaired) electrons. The van der Waals surface area contributed by atoms with Gasteiger partial charge < -0.3 is 19.7 Å². The summed E-state index contributed by atoms with van der Waals surface area (Å²) in [7, 11) is 2.10. The van der Waals surface area contributed by atoms with Crippen LogP contribution in [0.3, 0.4) is 0 Å². The summed E-state index contributed by atoms with van der Waals surface area (Å²) in [6.45, 7) is 6.23. The van der Waals surface area contributed by atoms with Crippen LogP contribution in [-0.4, -0.2) is 53.6 Å². The van der Waals surface area contributed by atoms with Gasteiger partial charge in [-0.15, -0.1) is 0 Å². The fourth-order valence-electron chi connectivity index (χ4n) is 3.25. The van der Waals surface area contributed by atoms with E-state index in [4.69, 9.17) is 0 Å². The van der Waals surface area contributed by atoms with E-state index in [2.05, 4.69) is 27.1 Å². The number of nitrogens with one attached hydrogen (secondary N) is 1. The summed E-state index contributed by atoms with van der Waals surface area (Å²) in [6, 6.07) is 4.60. The number of aryl methyl sites for hydroxylation is 1. The van der Waals surface area contributed by atoms with Crippen LogP contribution in [0.4, 0.5) is 10.1 Å². The number of hydrogen-bond donors (Lipinski definition) is 1. The van der Waals surface area contributed by atoms with Crippen LogP contribution in [0.25, 0.3) is 0 Å². The summed E-state index contributed by atoms with van der Waals surface area (Å²) in [4.78, 5) is 20.8. The van der Waals surface area contributed by atoms with Gasteiger partial charge in [0.2, 0.25) is 5.91 Å². The van der Waals surface area contributed by atoms with Crippen molar-refractivity contribution in [2.45, 2.75) is 25.9 Å². The van der Waals surface area contributed by atoms with Crippen LogP contribution in [0.5, 0.6) is 0 Å². The Kier molecular flexibility index (Phi) is 5.88. The topological polar surface area (TPSA) is 53.4 Å². The molecule has 2 aromatic rings. The predicted octanol–water partition coefficient (Wildman–Crippen LogP) is 2.04. The first-order valence-electron chi connectivity index (χ1n) is 9.01. The molecule has 0 aliphatic carbocycles. The molecule has 6 nitrogen and oxygen atoms in total. The molecule has 7 heteroatoms. The third-order valence-electron chi connectivity index (χ3n) is 4.83. The van der Waals surface area contributed by atoms with E-state index < -0.39 is 0 Å². The van der Waals surface area contributed by atoms with Gasteiger partial charge >= 0.3 is 0 Å². The second-order valence-electron chi connectivity index (χ2n) is 6.83. The van der Waals surface area contributed by atoms with E-state index in [1.807, 2.05) is 23.8 Å². The standard InChI is InChI=1S/C19H26FN5O/c1-15(22-19(26)5-7-24-8-6-21-14-24)17-13-16(20)3-4-18(17)25-11-9-23(2)10-12-25/h3-4,6,8,13-15H,5,7,9-12H2,1-2H3,(H,22,26)/t15-/m0/s1. The van der Waals surface area contributed by atoms with Crippen molar-refractivity contribution in [3.63, 3.8) is 0 Å². The van der Waals surface area contributed by atoms with Gasteiger partial charge in [-0.05, 0) is 32.2 Å². The Morgan fingerprint density at radius 1 is 1.31 bits per heavy atom. The van der Waals surface area contributed by atoms with Crippen molar-refractivity contribution >= 4 is 11.6 Å². The van der Waals surface area contributed by atoms with E-state index >= 15 is 0 Å². The molecule has 2 heterocycles. The number of rotatable bonds is 6.